The lowest BCUT2D eigenvalue weighted by Crippen LogP contribution is -2.44. The highest BCUT2D eigenvalue weighted by Gasteiger charge is 2.21. The molecule has 1 aromatic heterocycles. The molecule has 1 aromatic rings. The van der Waals surface area contributed by atoms with Crippen molar-refractivity contribution in [2.75, 3.05) is 13.7 Å². The molecule has 0 saturated carbocycles. The molecule has 0 aliphatic heterocycles. The number of rotatable bonds is 4. The van der Waals surface area contributed by atoms with Gasteiger partial charge < -0.3 is 15.4 Å². The largest absolute Gasteiger partial charge is 0.383 e. The zero-order chi connectivity index (χ0) is 13.0. The molecule has 3 nitrogen and oxygen atoms in total. The maximum atomic E-state index is 5.35. The Morgan fingerprint density at radius 1 is 1.67 bits per heavy atom. The summed E-state index contributed by atoms with van der Waals surface area (Å²) < 4.78 is 5.09. The van der Waals surface area contributed by atoms with Crippen molar-refractivity contribution >= 4 is 28.7 Å². The number of aryl methyl sites for hydroxylation is 1. The Hall–Kier alpha value is -0.650. The number of thiocarbonyl (C=S) groups is 1. The highest BCUT2D eigenvalue weighted by atomic mass is 32.1. The minimum absolute atomic E-state index is 0.237. The second-order valence-corrected chi connectivity index (χ2v) is 6.13. The number of fused-ring (bicyclic) bond motifs is 1. The average molecular weight is 284 g/mol. The van der Waals surface area contributed by atoms with Crippen LogP contribution in [0.5, 0.6) is 0 Å². The van der Waals surface area contributed by atoms with Crippen LogP contribution in [0.25, 0.3) is 0 Å². The van der Waals surface area contributed by atoms with Crippen LogP contribution < -0.4 is 10.6 Å². The fourth-order valence-corrected chi connectivity index (χ4v) is 3.68. The van der Waals surface area contributed by atoms with Crippen LogP contribution in [0, 0.1) is 0 Å². The van der Waals surface area contributed by atoms with Crippen molar-refractivity contribution in [2.24, 2.45) is 0 Å². The van der Waals surface area contributed by atoms with Gasteiger partial charge in [0.2, 0.25) is 0 Å². The van der Waals surface area contributed by atoms with Crippen molar-refractivity contribution in [3.63, 3.8) is 0 Å². The maximum absolute atomic E-state index is 5.35. The lowest BCUT2D eigenvalue weighted by atomic mass is 9.94. The average Bonchev–Trinajstić information content (AvgIpc) is 2.78. The van der Waals surface area contributed by atoms with Crippen LogP contribution >= 0.6 is 23.6 Å². The topological polar surface area (TPSA) is 33.3 Å². The maximum Gasteiger partial charge on any atom is 0.167 e. The molecule has 0 bridgehead atoms. The van der Waals surface area contributed by atoms with Gasteiger partial charge in [0, 0.05) is 18.0 Å². The molecule has 0 spiro atoms. The number of nitrogens with one attached hydrogen (secondary N) is 2. The van der Waals surface area contributed by atoms with Crippen molar-refractivity contribution in [3.8, 4) is 0 Å². The first-order valence-electron chi connectivity index (χ1n) is 6.33. The summed E-state index contributed by atoms with van der Waals surface area (Å²) in [7, 11) is 1.70. The molecule has 0 fully saturated rings. The lowest BCUT2D eigenvalue weighted by Gasteiger charge is -2.26. The first kappa shape index (κ1) is 13.8. The molecule has 100 valence electrons. The Balaban J connectivity index is 1.89. The molecule has 1 aliphatic carbocycles. The number of hydrogen-bond acceptors (Lipinski definition) is 3. The number of ether oxygens (including phenoxy) is 1. The van der Waals surface area contributed by atoms with E-state index >= 15 is 0 Å². The van der Waals surface area contributed by atoms with Crippen LogP contribution in [0.2, 0.25) is 0 Å². The standard InChI is InChI=1S/C13H20N2OS2/c1-9(8-16-2)14-13(17)15-11-4-3-5-12-10(11)6-7-18-12/h6-7,9,11H,3-5,8H2,1-2H3,(H2,14,15,17). The van der Waals surface area contributed by atoms with Gasteiger partial charge in [-0.2, -0.15) is 0 Å². The third-order valence-electron chi connectivity index (χ3n) is 3.15. The van der Waals surface area contributed by atoms with Crippen molar-refractivity contribution in [1.29, 1.82) is 0 Å². The van der Waals surface area contributed by atoms with Crippen LogP contribution in [0.3, 0.4) is 0 Å². The van der Waals surface area contributed by atoms with Gasteiger partial charge in [-0.1, -0.05) is 0 Å². The zero-order valence-corrected chi connectivity index (χ0v) is 12.5. The lowest BCUT2D eigenvalue weighted by molar-refractivity contribution is 0.179. The zero-order valence-electron chi connectivity index (χ0n) is 10.9. The van der Waals surface area contributed by atoms with E-state index in [0.29, 0.717) is 12.6 Å². The van der Waals surface area contributed by atoms with Crippen molar-refractivity contribution in [1.82, 2.24) is 10.6 Å². The monoisotopic (exact) mass is 284 g/mol. The summed E-state index contributed by atoms with van der Waals surface area (Å²) in [5.41, 5.74) is 1.43. The van der Waals surface area contributed by atoms with Gasteiger partial charge in [0.05, 0.1) is 12.6 Å². The van der Waals surface area contributed by atoms with Gasteiger partial charge in [0.15, 0.2) is 5.11 Å². The van der Waals surface area contributed by atoms with Crippen molar-refractivity contribution < 1.29 is 4.74 Å². The number of thiophene rings is 1. The molecule has 18 heavy (non-hydrogen) atoms. The molecular weight excluding hydrogens is 264 g/mol. The van der Waals surface area contributed by atoms with Gasteiger partial charge in [-0.05, 0) is 55.4 Å². The summed E-state index contributed by atoms with van der Waals surface area (Å²) in [6.45, 7) is 2.73. The third-order valence-corrected chi connectivity index (χ3v) is 4.38. The summed E-state index contributed by atoms with van der Waals surface area (Å²) in [4.78, 5) is 1.51. The summed E-state index contributed by atoms with van der Waals surface area (Å²) in [5, 5.41) is 9.57. The third kappa shape index (κ3) is 3.43. The first-order valence-corrected chi connectivity index (χ1v) is 7.61. The van der Waals surface area contributed by atoms with E-state index in [2.05, 4.69) is 29.0 Å². The van der Waals surface area contributed by atoms with Crippen molar-refractivity contribution in [2.45, 2.75) is 38.3 Å². The molecule has 2 unspecified atom stereocenters. The molecule has 0 radical (unpaired) electrons. The van der Waals surface area contributed by atoms with Crippen LogP contribution in [-0.4, -0.2) is 24.9 Å². The van der Waals surface area contributed by atoms with Gasteiger partial charge in [0.25, 0.3) is 0 Å². The smallest absolute Gasteiger partial charge is 0.167 e. The second-order valence-electron chi connectivity index (χ2n) is 4.72. The van der Waals surface area contributed by atoms with E-state index in [1.165, 1.54) is 23.3 Å². The van der Waals surface area contributed by atoms with Gasteiger partial charge in [0.1, 0.15) is 0 Å². The summed E-state index contributed by atoms with van der Waals surface area (Å²) in [6.07, 6.45) is 3.61. The van der Waals surface area contributed by atoms with E-state index in [4.69, 9.17) is 17.0 Å². The number of hydrogen-bond donors (Lipinski definition) is 2. The van der Waals surface area contributed by atoms with E-state index < -0.39 is 0 Å². The van der Waals surface area contributed by atoms with E-state index in [1.54, 1.807) is 7.11 Å². The Morgan fingerprint density at radius 2 is 2.50 bits per heavy atom. The Bertz CT molecular complexity index is 405. The van der Waals surface area contributed by atoms with Crippen LogP contribution in [0.15, 0.2) is 11.4 Å². The highest BCUT2D eigenvalue weighted by Crippen LogP contribution is 2.33. The highest BCUT2D eigenvalue weighted by molar-refractivity contribution is 7.80. The van der Waals surface area contributed by atoms with Crippen LogP contribution in [0.4, 0.5) is 0 Å². The number of methoxy groups -OCH3 is 1. The predicted octanol–water partition coefficient (Wildman–Crippen LogP) is 2.62. The predicted molar refractivity (Wildman–Crippen MR) is 80.2 cm³/mol. The van der Waals surface area contributed by atoms with E-state index in [-0.39, 0.29) is 6.04 Å². The van der Waals surface area contributed by atoms with Crippen LogP contribution in [-0.2, 0) is 11.2 Å². The summed E-state index contributed by atoms with van der Waals surface area (Å²) in [6, 6.07) is 2.83. The van der Waals surface area contributed by atoms with E-state index in [1.807, 2.05) is 11.3 Å². The molecule has 0 aromatic carbocycles. The minimum Gasteiger partial charge on any atom is -0.383 e. The van der Waals surface area contributed by atoms with Crippen molar-refractivity contribution in [3.05, 3.63) is 21.9 Å². The van der Waals surface area contributed by atoms with E-state index in [0.717, 1.165) is 11.5 Å². The van der Waals surface area contributed by atoms with Gasteiger partial charge in [-0.25, -0.2) is 0 Å². The molecule has 5 heteroatoms. The minimum atomic E-state index is 0.237. The second kappa shape index (κ2) is 6.50. The van der Waals surface area contributed by atoms with Gasteiger partial charge >= 0.3 is 0 Å². The Kier molecular flexibility index (Phi) is 4.97. The molecule has 2 atom stereocenters. The molecule has 0 amide bonds. The quantitative estimate of drug-likeness (QED) is 0.833. The molecule has 0 saturated heterocycles. The van der Waals surface area contributed by atoms with Gasteiger partial charge in [-0.3, -0.25) is 0 Å². The fourth-order valence-electron chi connectivity index (χ4n) is 2.35. The van der Waals surface area contributed by atoms with E-state index in [9.17, 15) is 0 Å². The fraction of sp³-hybridized carbons (Fsp3) is 0.615. The van der Waals surface area contributed by atoms with Crippen LogP contribution in [0.1, 0.15) is 36.2 Å². The molecular formula is C13H20N2OS2. The Labute approximate surface area is 118 Å². The van der Waals surface area contributed by atoms with Gasteiger partial charge in [-0.15, -0.1) is 11.3 Å². The molecule has 2 rings (SSSR count). The summed E-state index contributed by atoms with van der Waals surface area (Å²) >= 11 is 7.21. The molecule has 1 aliphatic rings. The summed E-state index contributed by atoms with van der Waals surface area (Å²) in [5.74, 6) is 0. The molecule has 1 heterocycles. The first-order chi connectivity index (χ1) is 8.70. The SMILES string of the molecule is COCC(C)NC(=S)NC1CCCc2sccc21. The normalized spacial score (nSPS) is 20.0. The Morgan fingerprint density at radius 3 is 3.28 bits per heavy atom. The molecule has 2 N–H and O–H groups in total.